The molecule has 0 unspecified atom stereocenters. The van der Waals surface area contributed by atoms with Gasteiger partial charge in [-0.05, 0) is 60.0 Å². The van der Waals surface area contributed by atoms with Crippen LogP contribution in [0.15, 0.2) is 11.5 Å². The Labute approximate surface area is 117 Å². The van der Waals surface area contributed by atoms with Crippen molar-refractivity contribution in [3.8, 4) is 0 Å². The fraction of sp³-hybridized carbons (Fsp3) is 0.857. The van der Waals surface area contributed by atoms with E-state index in [1.54, 1.807) is 0 Å². The van der Waals surface area contributed by atoms with Crippen molar-refractivity contribution in [1.29, 1.82) is 0 Å². The summed E-state index contributed by atoms with van der Waals surface area (Å²) in [6.07, 6.45) is 1.59. The molecule has 1 aliphatic rings. The fourth-order valence-electron chi connectivity index (χ4n) is 1.80. The summed E-state index contributed by atoms with van der Waals surface area (Å²) in [6.45, 7) is 15.3. The first-order chi connectivity index (χ1) is 8.73. The van der Waals surface area contributed by atoms with Crippen molar-refractivity contribution in [2.24, 2.45) is 0 Å². The van der Waals surface area contributed by atoms with Gasteiger partial charge in [0.05, 0.1) is 11.2 Å². The summed E-state index contributed by atoms with van der Waals surface area (Å²) in [5.74, 6) is 0. The van der Waals surface area contributed by atoms with Crippen LogP contribution in [0, 0.1) is 0 Å². The Kier molecular flexibility index (Phi) is 5.62. The highest BCUT2D eigenvalue weighted by atomic mass is 16.7. The minimum atomic E-state index is -0.339. The molecule has 0 aliphatic carbocycles. The largest absolute Gasteiger partial charge is 0.490 e. The number of rotatable bonds is 6. The van der Waals surface area contributed by atoms with Crippen LogP contribution in [0.1, 0.15) is 48.5 Å². The van der Waals surface area contributed by atoms with E-state index >= 15 is 0 Å². The molecule has 110 valence electrons. The molecular formula is C14H27BO4. The maximum absolute atomic E-state index is 5.98. The molecule has 1 aliphatic heterocycles. The van der Waals surface area contributed by atoms with Crippen LogP contribution in [0.4, 0.5) is 0 Å². The lowest BCUT2D eigenvalue weighted by molar-refractivity contribution is -0.104. The van der Waals surface area contributed by atoms with Crippen molar-refractivity contribution < 1.29 is 18.8 Å². The molecule has 4 nitrogen and oxygen atoms in total. The highest BCUT2D eigenvalue weighted by Crippen LogP contribution is 2.38. The van der Waals surface area contributed by atoms with Crippen LogP contribution in [-0.2, 0) is 18.8 Å². The molecule has 0 saturated carbocycles. The van der Waals surface area contributed by atoms with E-state index in [4.69, 9.17) is 18.8 Å². The van der Waals surface area contributed by atoms with Gasteiger partial charge in [-0.1, -0.05) is 0 Å². The van der Waals surface area contributed by atoms with Gasteiger partial charge in [-0.3, -0.25) is 0 Å². The zero-order valence-electron chi connectivity index (χ0n) is 13.3. The maximum atomic E-state index is 5.98. The van der Waals surface area contributed by atoms with Crippen molar-refractivity contribution in [1.82, 2.24) is 0 Å². The Morgan fingerprint density at radius 1 is 1.05 bits per heavy atom. The zero-order valence-corrected chi connectivity index (χ0v) is 13.3. The zero-order chi connectivity index (χ0) is 14.7. The molecule has 0 bridgehead atoms. The van der Waals surface area contributed by atoms with Crippen LogP contribution in [0.2, 0.25) is 0 Å². The molecule has 0 aromatic rings. The summed E-state index contributed by atoms with van der Waals surface area (Å²) in [5, 5.41) is 0. The Bertz CT molecular complexity index is 303. The van der Waals surface area contributed by atoms with Crippen molar-refractivity contribution in [2.75, 3.05) is 13.2 Å². The average molecular weight is 270 g/mol. The summed E-state index contributed by atoms with van der Waals surface area (Å²) in [4.78, 5) is 0. The summed E-state index contributed by atoms with van der Waals surface area (Å²) in [5.41, 5.74) is 0.337. The lowest BCUT2D eigenvalue weighted by atomic mass is 9.79. The molecule has 19 heavy (non-hydrogen) atoms. The van der Waals surface area contributed by atoms with Crippen LogP contribution in [0.25, 0.3) is 0 Å². The van der Waals surface area contributed by atoms with E-state index in [0.29, 0.717) is 13.2 Å². The third kappa shape index (κ3) is 4.05. The first-order valence-corrected chi connectivity index (χ1v) is 7.00. The highest BCUT2D eigenvalue weighted by molar-refractivity contribution is 6.54. The minimum absolute atomic E-state index is 0.320. The Hall–Kier alpha value is -0.355. The van der Waals surface area contributed by atoms with Crippen molar-refractivity contribution >= 4 is 7.12 Å². The van der Waals surface area contributed by atoms with E-state index in [1.807, 2.05) is 54.5 Å². The van der Waals surface area contributed by atoms with Gasteiger partial charge < -0.3 is 18.8 Å². The smallest absolute Gasteiger partial charge is 0.400 e. The second-order valence-electron chi connectivity index (χ2n) is 5.78. The van der Waals surface area contributed by atoms with E-state index < -0.39 is 0 Å². The standard InChI is InChI=1S/C14H27BO4/c1-8-16-12(17-9-2)10-11(3)15-18-13(4,5)14(6,7)19-15/h10,12H,8-9H2,1-7H3/b11-10+. The molecular weight excluding hydrogens is 243 g/mol. The second kappa shape index (κ2) is 6.40. The molecule has 5 heteroatoms. The Balaban J connectivity index is 2.75. The first kappa shape index (κ1) is 16.7. The van der Waals surface area contributed by atoms with E-state index in [-0.39, 0.29) is 24.6 Å². The lowest BCUT2D eigenvalue weighted by Gasteiger charge is -2.32. The summed E-state index contributed by atoms with van der Waals surface area (Å²) >= 11 is 0. The van der Waals surface area contributed by atoms with E-state index in [1.165, 1.54) is 0 Å². The molecule has 0 aromatic heterocycles. The van der Waals surface area contributed by atoms with E-state index in [9.17, 15) is 0 Å². The van der Waals surface area contributed by atoms with Crippen molar-refractivity contribution in [3.63, 3.8) is 0 Å². The Morgan fingerprint density at radius 2 is 1.47 bits per heavy atom. The van der Waals surface area contributed by atoms with Crippen molar-refractivity contribution in [3.05, 3.63) is 11.5 Å². The molecule has 1 rings (SSSR count). The predicted molar refractivity (Wildman–Crippen MR) is 76.9 cm³/mol. The first-order valence-electron chi connectivity index (χ1n) is 7.00. The van der Waals surface area contributed by atoms with Gasteiger partial charge in [-0.15, -0.1) is 0 Å². The van der Waals surface area contributed by atoms with Gasteiger partial charge >= 0.3 is 7.12 Å². The SMILES string of the molecule is CCOC(/C=C(\C)B1OC(C)(C)C(C)(C)O1)OCC. The third-order valence-electron chi connectivity index (χ3n) is 3.69. The monoisotopic (exact) mass is 270 g/mol. The predicted octanol–water partition coefficient (Wildman–Crippen LogP) is 2.96. The third-order valence-corrected chi connectivity index (χ3v) is 3.69. The Morgan fingerprint density at radius 3 is 1.84 bits per heavy atom. The molecule has 0 radical (unpaired) electrons. The van der Waals surface area contributed by atoms with Crippen LogP contribution in [-0.4, -0.2) is 37.8 Å². The number of hydrogen-bond donors (Lipinski definition) is 0. The van der Waals surface area contributed by atoms with E-state index in [0.717, 1.165) is 5.47 Å². The van der Waals surface area contributed by atoms with Crippen LogP contribution in [0.3, 0.4) is 0 Å². The molecule has 1 heterocycles. The van der Waals surface area contributed by atoms with Gasteiger partial charge in [0.25, 0.3) is 0 Å². The molecule has 0 atom stereocenters. The van der Waals surface area contributed by atoms with Gasteiger partial charge in [-0.25, -0.2) is 0 Å². The van der Waals surface area contributed by atoms with Crippen LogP contribution in [0.5, 0.6) is 0 Å². The van der Waals surface area contributed by atoms with Crippen LogP contribution < -0.4 is 0 Å². The molecule has 0 aromatic carbocycles. The van der Waals surface area contributed by atoms with Gasteiger partial charge in [0.1, 0.15) is 0 Å². The van der Waals surface area contributed by atoms with Crippen LogP contribution >= 0.6 is 0 Å². The molecule has 1 fully saturated rings. The summed E-state index contributed by atoms with van der Waals surface area (Å²) in [7, 11) is -0.339. The van der Waals surface area contributed by atoms with Gasteiger partial charge in [0.15, 0.2) is 6.29 Å². The normalized spacial score (nSPS) is 22.3. The summed E-state index contributed by atoms with van der Waals surface area (Å²) < 4.78 is 23.0. The highest BCUT2D eigenvalue weighted by Gasteiger charge is 2.51. The molecule has 0 N–H and O–H groups in total. The molecule has 0 spiro atoms. The molecule has 0 amide bonds. The number of allylic oxidation sites excluding steroid dienone is 1. The maximum Gasteiger partial charge on any atom is 0.490 e. The summed E-state index contributed by atoms with van der Waals surface area (Å²) in [6, 6.07) is 0. The van der Waals surface area contributed by atoms with Gasteiger partial charge in [-0.2, -0.15) is 0 Å². The van der Waals surface area contributed by atoms with Crippen molar-refractivity contribution in [2.45, 2.75) is 66.0 Å². The van der Waals surface area contributed by atoms with E-state index in [2.05, 4.69) is 0 Å². The average Bonchev–Trinajstić information content (AvgIpc) is 2.49. The fourth-order valence-corrected chi connectivity index (χ4v) is 1.80. The number of ether oxygens (including phenoxy) is 2. The lowest BCUT2D eigenvalue weighted by Crippen LogP contribution is -2.41. The van der Waals surface area contributed by atoms with Gasteiger partial charge in [0.2, 0.25) is 0 Å². The number of hydrogen-bond acceptors (Lipinski definition) is 4. The molecule has 1 saturated heterocycles. The van der Waals surface area contributed by atoms with Gasteiger partial charge in [0, 0.05) is 13.2 Å². The minimum Gasteiger partial charge on any atom is -0.400 e. The topological polar surface area (TPSA) is 36.9 Å². The quantitative estimate of drug-likeness (QED) is 0.549. The second-order valence-corrected chi connectivity index (χ2v) is 5.78.